The fourth-order valence-corrected chi connectivity index (χ4v) is 1.29. The lowest BCUT2D eigenvalue weighted by molar-refractivity contribution is -0.198. The van der Waals surface area contributed by atoms with Gasteiger partial charge in [-0.15, -0.1) is 0 Å². The van der Waals surface area contributed by atoms with Gasteiger partial charge in [0.25, 0.3) is 0 Å². The highest BCUT2D eigenvalue weighted by atomic mass is 19.4. The maximum absolute atomic E-state index is 13.2. The Morgan fingerprint density at radius 1 is 1.20 bits per heavy atom. The van der Waals surface area contributed by atoms with Gasteiger partial charge in [0.15, 0.2) is 17.3 Å². The molecule has 0 nitrogen and oxygen atoms in total. The van der Waals surface area contributed by atoms with E-state index < -0.39 is 35.2 Å². The molecule has 0 saturated carbocycles. The van der Waals surface area contributed by atoms with E-state index in [1.54, 1.807) is 0 Å². The Morgan fingerprint density at radius 3 is 2.07 bits per heavy atom. The average Bonchev–Trinajstić information content (AvgIpc) is 1.98. The Bertz CT molecular complexity index is 333. The van der Waals surface area contributed by atoms with E-state index in [-0.39, 0.29) is 13.0 Å². The van der Waals surface area contributed by atoms with Crippen molar-refractivity contribution in [3.05, 3.63) is 23.6 Å². The molecule has 1 aliphatic carbocycles. The van der Waals surface area contributed by atoms with Crippen molar-refractivity contribution in [3.63, 3.8) is 0 Å². The molecule has 0 fully saturated rings. The van der Waals surface area contributed by atoms with Crippen LogP contribution in [0.2, 0.25) is 0 Å². The molecule has 0 N–H and O–H groups in total. The van der Waals surface area contributed by atoms with Crippen LogP contribution in [0.5, 0.6) is 0 Å². The van der Waals surface area contributed by atoms with Gasteiger partial charge in [0, 0.05) is 6.08 Å². The normalized spacial score (nSPS) is 33.1. The van der Waals surface area contributed by atoms with Gasteiger partial charge < -0.3 is 0 Å². The fourth-order valence-electron chi connectivity index (χ4n) is 1.29. The van der Waals surface area contributed by atoms with Crippen molar-refractivity contribution in [2.45, 2.75) is 18.8 Å². The van der Waals surface area contributed by atoms with Crippen molar-refractivity contribution in [2.24, 2.45) is 5.92 Å². The smallest absolute Gasteiger partial charge is 0.235 e. The largest absolute Gasteiger partial charge is 0.401 e. The maximum atomic E-state index is 13.2. The molecular formula is C8H5F7. The zero-order valence-corrected chi connectivity index (χ0v) is 7.30. The molecule has 0 spiro atoms. The second-order valence-electron chi connectivity index (χ2n) is 3.24. The Hall–Kier alpha value is -1.01. The van der Waals surface area contributed by atoms with E-state index in [9.17, 15) is 30.7 Å². The molecule has 0 aromatic carbocycles. The first-order valence-corrected chi connectivity index (χ1v) is 3.77. The molecule has 7 heteroatoms. The summed E-state index contributed by atoms with van der Waals surface area (Å²) in [6.45, 7) is 0.211. The predicted octanol–water partition coefficient (Wildman–Crippen LogP) is 3.91. The van der Waals surface area contributed by atoms with Crippen LogP contribution in [0.15, 0.2) is 23.6 Å². The van der Waals surface area contributed by atoms with E-state index in [4.69, 9.17) is 0 Å². The van der Waals surface area contributed by atoms with Crippen LogP contribution in [0.1, 0.15) is 6.92 Å². The van der Waals surface area contributed by atoms with Gasteiger partial charge in [0.1, 0.15) is 11.7 Å². The zero-order valence-electron chi connectivity index (χ0n) is 7.30. The monoisotopic (exact) mass is 234 g/mol. The zero-order chi connectivity index (χ0) is 12.0. The van der Waals surface area contributed by atoms with Crippen molar-refractivity contribution in [1.29, 1.82) is 0 Å². The van der Waals surface area contributed by atoms with Gasteiger partial charge in [-0.05, 0) is 6.92 Å². The molecule has 0 aliphatic heterocycles. The predicted molar refractivity (Wildman–Crippen MR) is 37.5 cm³/mol. The third kappa shape index (κ3) is 1.87. The topological polar surface area (TPSA) is 0 Å². The molecule has 0 aromatic heterocycles. The van der Waals surface area contributed by atoms with Gasteiger partial charge in [0.2, 0.25) is 0 Å². The van der Waals surface area contributed by atoms with Crippen LogP contribution in [0.3, 0.4) is 0 Å². The molecule has 2 unspecified atom stereocenters. The highest BCUT2D eigenvalue weighted by Gasteiger charge is 2.59. The summed E-state index contributed by atoms with van der Waals surface area (Å²) in [7, 11) is 0. The summed E-state index contributed by atoms with van der Waals surface area (Å²) < 4.78 is 87.6. The van der Waals surface area contributed by atoms with Crippen molar-refractivity contribution in [1.82, 2.24) is 0 Å². The summed E-state index contributed by atoms with van der Waals surface area (Å²) in [5, 5.41) is 0. The van der Waals surface area contributed by atoms with Gasteiger partial charge in [-0.2, -0.15) is 13.2 Å². The molecule has 0 bridgehead atoms. The van der Waals surface area contributed by atoms with E-state index >= 15 is 0 Å². The lowest BCUT2D eigenvalue weighted by atomic mass is 9.84. The number of hydrogen-bond acceptors (Lipinski definition) is 0. The molecule has 0 amide bonds. The molecule has 0 heterocycles. The minimum atomic E-state index is -5.39. The molecule has 86 valence electrons. The summed E-state index contributed by atoms with van der Waals surface area (Å²) in [4.78, 5) is 0. The maximum Gasteiger partial charge on any atom is 0.401 e. The van der Waals surface area contributed by atoms with E-state index in [2.05, 4.69) is 0 Å². The quantitative estimate of drug-likeness (QED) is 0.557. The highest BCUT2D eigenvalue weighted by Crippen LogP contribution is 2.49. The SMILES string of the molecule is CC1(F)C(F)=CC(F)=C(F)C1C(F)(F)F. The van der Waals surface area contributed by atoms with E-state index in [0.717, 1.165) is 0 Å². The fraction of sp³-hybridized carbons (Fsp3) is 0.500. The van der Waals surface area contributed by atoms with Crippen LogP contribution >= 0.6 is 0 Å². The highest BCUT2D eigenvalue weighted by molar-refractivity contribution is 5.33. The van der Waals surface area contributed by atoms with Crippen molar-refractivity contribution < 1.29 is 30.7 Å². The van der Waals surface area contributed by atoms with Gasteiger partial charge in [-0.1, -0.05) is 0 Å². The van der Waals surface area contributed by atoms with Crippen LogP contribution < -0.4 is 0 Å². The molecule has 1 rings (SSSR count). The second-order valence-corrected chi connectivity index (χ2v) is 3.24. The summed E-state index contributed by atoms with van der Waals surface area (Å²) in [6, 6.07) is 0. The lowest BCUT2D eigenvalue weighted by Crippen LogP contribution is -2.43. The standard InChI is InChI=1S/C8H5F7/c1-7(12)4(10)2-3(9)5(11)6(7)8(13,14)15/h2,6H,1H3. The lowest BCUT2D eigenvalue weighted by Gasteiger charge is -2.32. The first kappa shape index (κ1) is 12.1. The Morgan fingerprint density at radius 2 is 1.67 bits per heavy atom. The van der Waals surface area contributed by atoms with Gasteiger partial charge in [0.05, 0.1) is 0 Å². The Balaban J connectivity index is 3.32. The molecule has 15 heavy (non-hydrogen) atoms. The van der Waals surface area contributed by atoms with E-state index in [1.807, 2.05) is 0 Å². The summed E-state index contributed by atoms with van der Waals surface area (Å²) in [5.74, 6) is -9.79. The Kier molecular flexibility index (Phi) is 2.61. The van der Waals surface area contributed by atoms with Crippen LogP contribution in [0, 0.1) is 5.92 Å². The first-order chi connectivity index (χ1) is 6.58. The molecule has 2 atom stereocenters. The molecule has 0 saturated heterocycles. The van der Waals surface area contributed by atoms with E-state index in [0.29, 0.717) is 0 Å². The van der Waals surface area contributed by atoms with Crippen LogP contribution in [-0.4, -0.2) is 11.8 Å². The minimum absolute atomic E-state index is 0.211. The average molecular weight is 234 g/mol. The molecule has 0 aromatic rings. The summed E-state index contributed by atoms with van der Waals surface area (Å²) >= 11 is 0. The van der Waals surface area contributed by atoms with Gasteiger partial charge in [-0.25, -0.2) is 17.6 Å². The van der Waals surface area contributed by atoms with E-state index in [1.165, 1.54) is 0 Å². The third-order valence-corrected chi connectivity index (χ3v) is 2.07. The van der Waals surface area contributed by atoms with Gasteiger partial charge in [-0.3, -0.25) is 0 Å². The number of hydrogen-bond donors (Lipinski definition) is 0. The number of alkyl halides is 4. The Labute approximate surface area is 80.1 Å². The van der Waals surface area contributed by atoms with Crippen molar-refractivity contribution in [3.8, 4) is 0 Å². The number of allylic oxidation sites excluding steroid dienone is 4. The van der Waals surface area contributed by atoms with Crippen molar-refractivity contribution >= 4 is 0 Å². The molecular weight excluding hydrogens is 229 g/mol. The van der Waals surface area contributed by atoms with Gasteiger partial charge >= 0.3 is 6.18 Å². The molecule has 0 radical (unpaired) electrons. The minimum Gasteiger partial charge on any atom is -0.235 e. The third-order valence-electron chi connectivity index (χ3n) is 2.07. The molecule has 1 aliphatic rings. The van der Waals surface area contributed by atoms with Crippen LogP contribution in [0.25, 0.3) is 0 Å². The summed E-state index contributed by atoms with van der Waals surface area (Å²) in [6.07, 6.45) is -5.62. The van der Waals surface area contributed by atoms with Crippen LogP contribution in [-0.2, 0) is 0 Å². The van der Waals surface area contributed by atoms with Crippen LogP contribution in [0.4, 0.5) is 30.7 Å². The second kappa shape index (κ2) is 3.24. The summed E-state index contributed by atoms with van der Waals surface area (Å²) in [5.41, 5.74) is -3.61. The number of rotatable bonds is 0. The first-order valence-electron chi connectivity index (χ1n) is 3.77. The number of halogens is 7. The van der Waals surface area contributed by atoms with Crippen molar-refractivity contribution in [2.75, 3.05) is 0 Å².